The van der Waals surface area contributed by atoms with Crippen LogP contribution in [0, 0.1) is 0 Å². The molecule has 0 saturated carbocycles. The second-order valence-electron chi connectivity index (χ2n) is 5.04. The number of anilines is 1. The number of amides is 2. The third kappa shape index (κ3) is 6.10. The number of hydrogen-bond acceptors (Lipinski definition) is 5. The van der Waals surface area contributed by atoms with Crippen LogP contribution < -0.4 is 10.6 Å². The minimum atomic E-state index is -0.211. The lowest BCUT2D eigenvalue weighted by molar-refractivity contribution is -0.120. The van der Waals surface area contributed by atoms with Crippen LogP contribution >= 0.6 is 11.3 Å². The van der Waals surface area contributed by atoms with Crippen LogP contribution in [0.1, 0.15) is 29.4 Å². The standard InChI is InChI=1S/C17H21N3O3S/c1-2-23-10-6-9-18-15(21)11-14-12-24-17(19-14)20-16(22)13-7-4-3-5-8-13/h3-5,7-8,12H,2,6,9-11H2,1H3,(H,18,21)(H,19,20,22). The van der Waals surface area contributed by atoms with Gasteiger partial charge in [-0.3, -0.25) is 14.9 Å². The van der Waals surface area contributed by atoms with Gasteiger partial charge in [-0.15, -0.1) is 11.3 Å². The van der Waals surface area contributed by atoms with E-state index in [0.717, 1.165) is 6.42 Å². The summed E-state index contributed by atoms with van der Waals surface area (Å²) in [4.78, 5) is 28.1. The number of hydrogen-bond donors (Lipinski definition) is 2. The minimum Gasteiger partial charge on any atom is -0.382 e. The van der Waals surface area contributed by atoms with E-state index in [2.05, 4.69) is 15.6 Å². The van der Waals surface area contributed by atoms with Crippen LogP contribution in [0.3, 0.4) is 0 Å². The fourth-order valence-corrected chi connectivity index (χ4v) is 2.68. The molecule has 0 atom stereocenters. The first-order chi connectivity index (χ1) is 11.7. The highest BCUT2D eigenvalue weighted by atomic mass is 32.1. The number of ether oxygens (including phenoxy) is 1. The molecule has 0 spiro atoms. The predicted molar refractivity (Wildman–Crippen MR) is 94.3 cm³/mol. The maximum atomic E-state index is 12.0. The molecule has 7 heteroatoms. The first kappa shape index (κ1) is 18.1. The summed E-state index contributed by atoms with van der Waals surface area (Å²) < 4.78 is 5.21. The van der Waals surface area contributed by atoms with Crippen molar-refractivity contribution in [3.05, 3.63) is 47.0 Å². The van der Waals surface area contributed by atoms with E-state index in [4.69, 9.17) is 4.74 Å². The van der Waals surface area contributed by atoms with Gasteiger partial charge in [0.25, 0.3) is 5.91 Å². The van der Waals surface area contributed by atoms with Crippen LogP contribution in [0.4, 0.5) is 5.13 Å². The highest BCUT2D eigenvalue weighted by Crippen LogP contribution is 2.16. The molecule has 1 aromatic carbocycles. The molecule has 0 aliphatic carbocycles. The third-order valence-corrected chi connectivity index (χ3v) is 3.95. The Morgan fingerprint density at radius 1 is 1.25 bits per heavy atom. The fraction of sp³-hybridized carbons (Fsp3) is 0.353. The number of rotatable bonds is 9. The first-order valence-electron chi connectivity index (χ1n) is 7.84. The lowest BCUT2D eigenvalue weighted by atomic mass is 10.2. The number of carbonyl (C=O) groups is 2. The largest absolute Gasteiger partial charge is 0.382 e. The lowest BCUT2D eigenvalue weighted by Gasteiger charge is -2.04. The highest BCUT2D eigenvalue weighted by Gasteiger charge is 2.10. The molecule has 1 aromatic heterocycles. The average Bonchev–Trinajstić information content (AvgIpc) is 3.02. The Kier molecular flexibility index (Phi) is 7.38. The molecule has 24 heavy (non-hydrogen) atoms. The Bertz CT molecular complexity index is 658. The zero-order valence-electron chi connectivity index (χ0n) is 13.6. The van der Waals surface area contributed by atoms with Crippen LogP contribution in [-0.2, 0) is 16.0 Å². The molecule has 0 aliphatic heterocycles. The van der Waals surface area contributed by atoms with Crippen molar-refractivity contribution in [3.63, 3.8) is 0 Å². The zero-order valence-corrected chi connectivity index (χ0v) is 14.4. The molecule has 1 heterocycles. The number of benzene rings is 1. The van der Waals surface area contributed by atoms with Crippen molar-refractivity contribution in [1.82, 2.24) is 10.3 Å². The number of carbonyl (C=O) groups excluding carboxylic acids is 2. The Morgan fingerprint density at radius 2 is 2.04 bits per heavy atom. The molecule has 6 nitrogen and oxygen atoms in total. The summed E-state index contributed by atoms with van der Waals surface area (Å²) in [5, 5.41) is 7.83. The molecule has 0 fully saturated rings. The molecular weight excluding hydrogens is 326 g/mol. The van der Waals surface area contributed by atoms with Gasteiger partial charge in [0.05, 0.1) is 12.1 Å². The first-order valence-corrected chi connectivity index (χ1v) is 8.72. The summed E-state index contributed by atoms with van der Waals surface area (Å²) in [6, 6.07) is 8.93. The highest BCUT2D eigenvalue weighted by molar-refractivity contribution is 7.14. The van der Waals surface area contributed by atoms with Crippen molar-refractivity contribution in [1.29, 1.82) is 0 Å². The summed E-state index contributed by atoms with van der Waals surface area (Å²) in [6.45, 7) is 3.85. The summed E-state index contributed by atoms with van der Waals surface area (Å²) >= 11 is 1.31. The van der Waals surface area contributed by atoms with Gasteiger partial charge in [0, 0.05) is 30.7 Å². The van der Waals surface area contributed by atoms with E-state index >= 15 is 0 Å². The van der Waals surface area contributed by atoms with Crippen molar-refractivity contribution in [3.8, 4) is 0 Å². The Labute approximate surface area is 145 Å². The molecule has 0 aliphatic rings. The molecule has 2 amide bonds. The summed E-state index contributed by atoms with van der Waals surface area (Å²) in [6.07, 6.45) is 0.987. The molecular formula is C17H21N3O3S. The van der Waals surface area contributed by atoms with Crippen molar-refractivity contribution in [2.45, 2.75) is 19.8 Å². The molecule has 0 radical (unpaired) electrons. The Hall–Kier alpha value is -2.25. The average molecular weight is 347 g/mol. The van der Waals surface area contributed by atoms with Gasteiger partial charge in [-0.25, -0.2) is 4.98 Å². The number of nitrogens with one attached hydrogen (secondary N) is 2. The molecule has 0 saturated heterocycles. The molecule has 128 valence electrons. The van der Waals surface area contributed by atoms with Gasteiger partial charge in [-0.05, 0) is 25.5 Å². The van der Waals surface area contributed by atoms with Gasteiger partial charge >= 0.3 is 0 Å². The van der Waals surface area contributed by atoms with Gasteiger partial charge in [0.2, 0.25) is 5.91 Å². The fourth-order valence-electron chi connectivity index (χ4n) is 1.98. The van der Waals surface area contributed by atoms with Crippen LogP contribution in [-0.4, -0.2) is 36.6 Å². The van der Waals surface area contributed by atoms with Gasteiger partial charge < -0.3 is 10.1 Å². The van der Waals surface area contributed by atoms with Gasteiger partial charge in [-0.1, -0.05) is 18.2 Å². The lowest BCUT2D eigenvalue weighted by Crippen LogP contribution is -2.27. The van der Waals surface area contributed by atoms with E-state index in [1.165, 1.54) is 11.3 Å². The predicted octanol–water partition coefficient (Wildman–Crippen LogP) is 2.48. The van der Waals surface area contributed by atoms with E-state index in [1.807, 2.05) is 13.0 Å². The van der Waals surface area contributed by atoms with Gasteiger partial charge in [0.1, 0.15) is 0 Å². The van der Waals surface area contributed by atoms with Crippen molar-refractivity contribution in [2.75, 3.05) is 25.1 Å². The third-order valence-electron chi connectivity index (χ3n) is 3.14. The number of aromatic nitrogens is 1. The quantitative estimate of drug-likeness (QED) is 0.683. The number of thiazole rings is 1. The van der Waals surface area contributed by atoms with E-state index in [0.29, 0.717) is 36.1 Å². The summed E-state index contributed by atoms with van der Waals surface area (Å²) in [5.41, 5.74) is 1.21. The molecule has 0 bridgehead atoms. The smallest absolute Gasteiger partial charge is 0.257 e. The summed E-state index contributed by atoms with van der Waals surface area (Å²) in [7, 11) is 0. The maximum Gasteiger partial charge on any atom is 0.257 e. The maximum absolute atomic E-state index is 12.0. The normalized spacial score (nSPS) is 10.4. The second-order valence-corrected chi connectivity index (χ2v) is 5.90. The second kappa shape index (κ2) is 9.79. The van der Waals surface area contributed by atoms with Crippen molar-refractivity contribution in [2.24, 2.45) is 0 Å². The molecule has 2 N–H and O–H groups in total. The van der Waals surface area contributed by atoms with E-state index in [9.17, 15) is 9.59 Å². The van der Waals surface area contributed by atoms with E-state index in [-0.39, 0.29) is 18.2 Å². The Morgan fingerprint density at radius 3 is 2.79 bits per heavy atom. The van der Waals surface area contributed by atoms with Gasteiger partial charge in [-0.2, -0.15) is 0 Å². The van der Waals surface area contributed by atoms with Gasteiger partial charge in [0.15, 0.2) is 5.13 Å². The van der Waals surface area contributed by atoms with Crippen LogP contribution in [0.5, 0.6) is 0 Å². The Balaban J connectivity index is 1.76. The van der Waals surface area contributed by atoms with Crippen LogP contribution in [0.25, 0.3) is 0 Å². The zero-order chi connectivity index (χ0) is 17.2. The number of nitrogens with zero attached hydrogens (tertiary/aromatic N) is 1. The minimum absolute atomic E-state index is 0.0854. The SMILES string of the molecule is CCOCCCNC(=O)Cc1csc(NC(=O)c2ccccc2)n1. The van der Waals surface area contributed by atoms with Crippen molar-refractivity contribution >= 4 is 28.3 Å². The van der Waals surface area contributed by atoms with Crippen molar-refractivity contribution < 1.29 is 14.3 Å². The summed E-state index contributed by atoms with van der Waals surface area (Å²) in [5.74, 6) is -0.297. The van der Waals surface area contributed by atoms with Crippen LogP contribution in [0.15, 0.2) is 35.7 Å². The van der Waals surface area contributed by atoms with E-state index < -0.39 is 0 Å². The van der Waals surface area contributed by atoms with E-state index in [1.54, 1.807) is 29.6 Å². The topological polar surface area (TPSA) is 80.3 Å². The monoisotopic (exact) mass is 347 g/mol. The van der Waals surface area contributed by atoms with Crippen LogP contribution in [0.2, 0.25) is 0 Å². The molecule has 2 rings (SSSR count). The molecule has 2 aromatic rings. The molecule has 0 unspecified atom stereocenters.